The first-order chi connectivity index (χ1) is 26.6. The molecule has 1 fully saturated rings. The van der Waals surface area contributed by atoms with Gasteiger partial charge in [-0.05, 0) is 105 Å². The van der Waals surface area contributed by atoms with E-state index in [0.29, 0.717) is 17.0 Å². The Morgan fingerprint density at radius 1 is 0.696 bits per heavy atom. The van der Waals surface area contributed by atoms with E-state index in [4.69, 9.17) is 55.6 Å². The Morgan fingerprint density at radius 3 is 1.66 bits per heavy atom. The lowest BCUT2D eigenvalue weighted by Crippen LogP contribution is -2.41. The number of rotatable bonds is 15. The van der Waals surface area contributed by atoms with Gasteiger partial charge >= 0.3 is 7.12 Å². The Balaban J connectivity index is 1.40. The molecule has 0 bridgehead atoms. The van der Waals surface area contributed by atoms with Crippen LogP contribution in [0.4, 0.5) is 0 Å². The Bertz CT molecular complexity index is 2130. The summed E-state index contributed by atoms with van der Waals surface area (Å²) in [7, 11) is -1.74. The average Bonchev–Trinajstić information content (AvgIpc) is 3.41. The molecule has 1 saturated heterocycles. The zero-order valence-corrected chi connectivity index (χ0v) is 34.7. The van der Waals surface area contributed by atoms with Crippen LogP contribution >= 0.6 is 23.2 Å². The van der Waals surface area contributed by atoms with Crippen molar-refractivity contribution in [1.82, 2.24) is 0 Å². The summed E-state index contributed by atoms with van der Waals surface area (Å²) in [6.07, 6.45) is -1.06. The van der Waals surface area contributed by atoms with Gasteiger partial charge in [-0.2, -0.15) is 8.42 Å². The van der Waals surface area contributed by atoms with E-state index in [9.17, 15) is 8.42 Å². The van der Waals surface area contributed by atoms with E-state index < -0.39 is 46.8 Å². The Kier molecular flexibility index (Phi) is 12.5. The van der Waals surface area contributed by atoms with Gasteiger partial charge in [0.15, 0.2) is 5.75 Å². The second-order valence-corrected chi connectivity index (χ2v) is 16.9. The van der Waals surface area contributed by atoms with Crippen molar-refractivity contribution in [1.29, 1.82) is 0 Å². The van der Waals surface area contributed by atoms with E-state index in [-0.39, 0.29) is 27.3 Å². The molecule has 0 aromatic heterocycles. The molecule has 0 unspecified atom stereocenters. The summed E-state index contributed by atoms with van der Waals surface area (Å²) in [5.41, 5.74) is 1.41. The van der Waals surface area contributed by atoms with Crippen molar-refractivity contribution in [2.75, 3.05) is 27.4 Å². The lowest BCUT2D eigenvalue weighted by atomic mass is 9.79. The van der Waals surface area contributed by atoms with Crippen LogP contribution < -0.4 is 19.7 Å². The highest BCUT2D eigenvalue weighted by molar-refractivity contribution is 7.86. The molecule has 1 heterocycles. The van der Waals surface area contributed by atoms with Gasteiger partial charge in [0, 0.05) is 0 Å². The highest BCUT2D eigenvalue weighted by Crippen LogP contribution is 2.43. The summed E-state index contributed by atoms with van der Waals surface area (Å²) >= 11 is 13.8. The molecule has 1 aliphatic rings. The van der Waals surface area contributed by atoms with Crippen molar-refractivity contribution in [3.05, 3.63) is 148 Å². The van der Waals surface area contributed by atoms with Crippen LogP contribution in [0, 0.1) is 6.92 Å². The standard InChI is InChI=1S/C43H45BCl2O9S/c1-29-13-23-37(24-14-29)56(47,48)52-28-36(53-40-38(45)25-33(26-39(40)46)44-54-41(2,3)42(4,5)55-44)27-51-43(30-11-9-8-10-12-30,31-15-19-34(49-6)20-16-31)32-17-21-35(50-7)22-18-32/h8-26,36H,27-28H2,1-7H3/t36-/m1/s1. The van der Waals surface area contributed by atoms with Gasteiger partial charge in [-0.15, -0.1) is 0 Å². The highest BCUT2D eigenvalue weighted by Gasteiger charge is 2.52. The molecule has 0 aliphatic carbocycles. The third kappa shape index (κ3) is 8.74. The maximum atomic E-state index is 13.5. The number of methoxy groups -OCH3 is 2. The number of ether oxygens (including phenoxy) is 4. The fraction of sp³-hybridized carbons (Fsp3) is 0.302. The summed E-state index contributed by atoms with van der Waals surface area (Å²) in [5, 5.41) is 0.321. The maximum absolute atomic E-state index is 13.5. The van der Waals surface area contributed by atoms with Gasteiger partial charge in [0.05, 0.1) is 47.0 Å². The third-order valence-electron chi connectivity index (χ3n) is 10.2. The number of hydrogen-bond acceptors (Lipinski definition) is 9. The van der Waals surface area contributed by atoms with Gasteiger partial charge in [0.25, 0.3) is 10.1 Å². The van der Waals surface area contributed by atoms with E-state index in [1.165, 1.54) is 12.1 Å². The lowest BCUT2D eigenvalue weighted by Gasteiger charge is -2.37. The van der Waals surface area contributed by atoms with Crippen LogP contribution in [0.5, 0.6) is 17.2 Å². The normalized spacial score (nSPS) is 15.7. The number of halogens is 2. The molecule has 1 aliphatic heterocycles. The minimum Gasteiger partial charge on any atom is -0.497 e. The number of hydrogen-bond donors (Lipinski definition) is 0. The van der Waals surface area contributed by atoms with Crippen molar-refractivity contribution in [3.63, 3.8) is 0 Å². The van der Waals surface area contributed by atoms with Crippen molar-refractivity contribution in [3.8, 4) is 17.2 Å². The molecule has 0 spiro atoms. The zero-order valence-electron chi connectivity index (χ0n) is 32.4. The SMILES string of the molecule is COc1ccc(C(OC[C@H](COS(=O)(=O)c2ccc(C)cc2)Oc2c(Cl)cc(B3OC(C)(C)C(C)(C)O3)cc2Cl)(c2ccccc2)c2ccc(OC)cc2)cc1. The molecule has 9 nitrogen and oxygen atoms in total. The van der Waals surface area contributed by atoms with Crippen LogP contribution in [0.3, 0.4) is 0 Å². The van der Waals surface area contributed by atoms with Crippen molar-refractivity contribution in [2.24, 2.45) is 0 Å². The van der Waals surface area contributed by atoms with Crippen LogP contribution in [0.25, 0.3) is 0 Å². The monoisotopic (exact) mass is 818 g/mol. The first-order valence-corrected chi connectivity index (χ1v) is 20.2. The van der Waals surface area contributed by atoms with Crippen molar-refractivity contribution < 1.29 is 40.9 Å². The van der Waals surface area contributed by atoms with Crippen LogP contribution in [-0.4, -0.2) is 60.3 Å². The zero-order chi connectivity index (χ0) is 40.3. The average molecular weight is 820 g/mol. The topological polar surface area (TPSA) is 98.8 Å². The summed E-state index contributed by atoms with van der Waals surface area (Å²) in [5.74, 6) is 1.43. The molecular weight excluding hydrogens is 774 g/mol. The first-order valence-electron chi connectivity index (χ1n) is 18.0. The van der Waals surface area contributed by atoms with Gasteiger partial charge in [-0.1, -0.05) is 95.5 Å². The van der Waals surface area contributed by atoms with E-state index in [1.807, 2.05) is 113 Å². The number of benzene rings is 5. The molecule has 0 N–H and O–H groups in total. The Hall–Kier alpha value is -4.07. The minimum absolute atomic E-state index is 0.000645. The Labute approximate surface area is 340 Å². The molecule has 0 radical (unpaired) electrons. The molecule has 0 saturated carbocycles. The molecule has 56 heavy (non-hydrogen) atoms. The van der Waals surface area contributed by atoms with E-state index in [1.54, 1.807) is 38.5 Å². The van der Waals surface area contributed by atoms with Gasteiger partial charge in [-0.3, -0.25) is 4.18 Å². The fourth-order valence-electron chi connectivity index (χ4n) is 6.32. The van der Waals surface area contributed by atoms with Gasteiger partial charge < -0.3 is 28.3 Å². The van der Waals surface area contributed by atoms with Crippen LogP contribution in [0.2, 0.25) is 10.0 Å². The minimum atomic E-state index is -4.21. The van der Waals surface area contributed by atoms with Crippen molar-refractivity contribution >= 4 is 45.9 Å². The van der Waals surface area contributed by atoms with Crippen LogP contribution in [0.1, 0.15) is 49.9 Å². The van der Waals surface area contributed by atoms with Gasteiger partial charge in [-0.25, -0.2) is 0 Å². The van der Waals surface area contributed by atoms with E-state index in [2.05, 4.69) is 0 Å². The summed E-state index contributed by atoms with van der Waals surface area (Å²) < 4.78 is 69.7. The quantitative estimate of drug-likeness (QED) is 0.0584. The summed E-state index contributed by atoms with van der Waals surface area (Å²) in [4.78, 5) is 0.000645. The molecular formula is C43H45BCl2O9S. The Morgan fingerprint density at radius 2 is 1.18 bits per heavy atom. The molecule has 13 heteroatoms. The summed E-state index contributed by atoms with van der Waals surface area (Å²) in [6, 6.07) is 34.5. The van der Waals surface area contributed by atoms with Crippen LogP contribution in [-0.2, 0) is 33.9 Å². The molecule has 294 valence electrons. The molecule has 6 rings (SSSR count). The third-order valence-corrected chi connectivity index (χ3v) is 12.1. The molecule has 1 atom stereocenters. The smallest absolute Gasteiger partial charge is 0.494 e. The van der Waals surface area contributed by atoms with E-state index >= 15 is 0 Å². The van der Waals surface area contributed by atoms with Gasteiger partial charge in [0.1, 0.15) is 29.8 Å². The number of aryl methyl sites for hydroxylation is 1. The molecule has 5 aromatic carbocycles. The summed E-state index contributed by atoms with van der Waals surface area (Å²) in [6.45, 7) is 9.05. The fourth-order valence-corrected chi connectivity index (χ4v) is 7.85. The highest BCUT2D eigenvalue weighted by atomic mass is 35.5. The molecule has 0 amide bonds. The first kappa shape index (κ1) is 41.6. The van der Waals surface area contributed by atoms with Gasteiger partial charge in [0.2, 0.25) is 0 Å². The molecule has 5 aromatic rings. The van der Waals surface area contributed by atoms with Crippen LogP contribution in [0.15, 0.2) is 120 Å². The van der Waals surface area contributed by atoms with E-state index in [0.717, 1.165) is 22.3 Å². The second-order valence-electron chi connectivity index (χ2n) is 14.5. The predicted octanol–water partition coefficient (Wildman–Crippen LogP) is 8.78. The predicted molar refractivity (Wildman–Crippen MR) is 219 cm³/mol. The maximum Gasteiger partial charge on any atom is 0.494 e. The lowest BCUT2D eigenvalue weighted by molar-refractivity contribution is -0.0404. The van der Waals surface area contributed by atoms with Crippen molar-refractivity contribution in [2.45, 2.75) is 62.4 Å². The largest absolute Gasteiger partial charge is 0.497 e. The second kappa shape index (κ2) is 16.8.